The number of hydrogen-bond donors (Lipinski definition) is 0. The van der Waals surface area contributed by atoms with Crippen LogP contribution < -0.4 is 4.90 Å². The van der Waals surface area contributed by atoms with E-state index in [0.29, 0.717) is 5.41 Å². The number of aryl methyl sites for hydroxylation is 1. The molecule has 20 heavy (non-hydrogen) atoms. The van der Waals surface area contributed by atoms with Crippen LogP contribution in [0.5, 0.6) is 0 Å². The fourth-order valence-electron chi connectivity index (χ4n) is 3.46. The molecule has 1 aliphatic carbocycles. The molecule has 1 aromatic carbocycles. The molecule has 1 aromatic rings. The molecule has 2 nitrogen and oxygen atoms in total. The Kier molecular flexibility index (Phi) is 3.53. The first-order chi connectivity index (χ1) is 9.48. The lowest BCUT2D eigenvalue weighted by atomic mass is 9.80. The standard InChI is InChI=1S/C18H28N2/c1-14-5-8-17-16(11-14)18(2,9-10-19(3)4)13-20(17)12-15-6-7-15/h5,8,11,15H,6-7,9-10,12-13H2,1-4H3. The largest absolute Gasteiger partial charge is 0.370 e. The summed E-state index contributed by atoms with van der Waals surface area (Å²) in [4.78, 5) is 4.96. The summed E-state index contributed by atoms with van der Waals surface area (Å²) < 4.78 is 0. The zero-order valence-electron chi connectivity index (χ0n) is 13.4. The van der Waals surface area contributed by atoms with Crippen molar-refractivity contribution in [2.75, 3.05) is 38.6 Å². The third kappa shape index (κ3) is 2.71. The Morgan fingerprint density at radius 2 is 2.05 bits per heavy atom. The molecule has 1 atom stereocenters. The SMILES string of the molecule is Cc1ccc2c(c1)C(C)(CCN(C)C)CN2CC1CC1. The Morgan fingerprint density at radius 3 is 2.70 bits per heavy atom. The molecular weight excluding hydrogens is 244 g/mol. The van der Waals surface area contributed by atoms with Crippen molar-refractivity contribution in [3.8, 4) is 0 Å². The van der Waals surface area contributed by atoms with E-state index < -0.39 is 0 Å². The molecule has 1 heterocycles. The molecule has 2 heteroatoms. The predicted molar refractivity (Wildman–Crippen MR) is 86.6 cm³/mol. The van der Waals surface area contributed by atoms with Crippen molar-refractivity contribution >= 4 is 5.69 Å². The maximum Gasteiger partial charge on any atom is 0.0405 e. The lowest BCUT2D eigenvalue weighted by Gasteiger charge is -2.28. The number of nitrogens with zero attached hydrogens (tertiary/aromatic N) is 2. The molecule has 0 saturated heterocycles. The highest BCUT2D eigenvalue weighted by Crippen LogP contribution is 2.45. The summed E-state index contributed by atoms with van der Waals surface area (Å²) in [5.74, 6) is 0.959. The second kappa shape index (κ2) is 5.07. The van der Waals surface area contributed by atoms with E-state index in [9.17, 15) is 0 Å². The van der Waals surface area contributed by atoms with E-state index in [-0.39, 0.29) is 0 Å². The summed E-state index contributed by atoms with van der Waals surface area (Å²) in [5, 5.41) is 0. The van der Waals surface area contributed by atoms with E-state index in [2.05, 4.69) is 55.9 Å². The number of benzene rings is 1. The molecule has 110 valence electrons. The maximum absolute atomic E-state index is 2.65. The molecule has 0 bridgehead atoms. The lowest BCUT2D eigenvalue weighted by molar-refractivity contribution is 0.337. The van der Waals surface area contributed by atoms with Crippen LogP contribution in [0.2, 0.25) is 0 Å². The topological polar surface area (TPSA) is 6.48 Å². The Morgan fingerprint density at radius 1 is 1.30 bits per heavy atom. The lowest BCUT2D eigenvalue weighted by Crippen LogP contribution is -2.34. The van der Waals surface area contributed by atoms with Gasteiger partial charge in [-0.2, -0.15) is 0 Å². The van der Waals surface area contributed by atoms with Crippen LogP contribution in [0.1, 0.15) is 37.3 Å². The highest BCUT2D eigenvalue weighted by molar-refractivity contribution is 5.63. The maximum atomic E-state index is 2.65. The first-order valence-corrected chi connectivity index (χ1v) is 7.99. The van der Waals surface area contributed by atoms with E-state index in [1.807, 2.05) is 0 Å². The Balaban J connectivity index is 1.87. The Bertz CT molecular complexity index is 490. The van der Waals surface area contributed by atoms with Crippen molar-refractivity contribution < 1.29 is 0 Å². The zero-order valence-corrected chi connectivity index (χ0v) is 13.4. The monoisotopic (exact) mass is 272 g/mol. The third-order valence-electron chi connectivity index (χ3n) is 4.97. The number of anilines is 1. The van der Waals surface area contributed by atoms with Gasteiger partial charge in [0.1, 0.15) is 0 Å². The fraction of sp³-hybridized carbons (Fsp3) is 0.667. The quantitative estimate of drug-likeness (QED) is 0.810. The van der Waals surface area contributed by atoms with Crippen molar-refractivity contribution in [3.05, 3.63) is 29.3 Å². The first kappa shape index (κ1) is 13.9. The average molecular weight is 272 g/mol. The molecule has 3 rings (SSSR count). The number of hydrogen-bond acceptors (Lipinski definition) is 2. The van der Waals surface area contributed by atoms with Gasteiger partial charge in [-0.1, -0.05) is 24.6 Å². The second-order valence-electron chi connectivity index (χ2n) is 7.46. The van der Waals surface area contributed by atoms with Gasteiger partial charge in [-0.05, 0) is 64.4 Å². The summed E-state index contributed by atoms with van der Waals surface area (Å²) in [7, 11) is 4.36. The van der Waals surface area contributed by atoms with Gasteiger partial charge in [-0.3, -0.25) is 0 Å². The Labute approximate surface area is 123 Å². The van der Waals surface area contributed by atoms with Crippen LogP contribution in [0, 0.1) is 12.8 Å². The normalized spacial score (nSPS) is 25.4. The van der Waals surface area contributed by atoms with Crippen molar-refractivity contribution in [2.45, 2.75) is 38.5 Å². The van der Waals surface area contributed by atoms with Crippen molar-refractivity contribution in [1.29, 1.82) is 0 Å². The van der Waals surface area contributed by atoms with Crippen LogP contribution >= 0.6 is 0 Å². The average Bonchev–Trinajstić information content (AvgIpc) is 3.15. The highest BCUT2D eigenvalue weighted by atomic mass is 15.2. The van der Waals surface area contributed by atoms with Crippen LogP contribution in [-0.4, -0.2) is 38.6 Å². The van der Waals surface area contributed by atoms with Gasteiger partial charge >= 0.3 is 0 Å². The van der Waals surface area contributed by atoms with Gasteiger partial charge in [0, 0.05) is 24.2 Å². The minimum atomic E-state index is 0.320. The second-order valence-corrected chi connectivity index (χ2v) is 7.46. The van der Waals surface area contributed by atoms with E-state index in [0.717, 1.165) is 5.92 Å². The summed E-state index contributed by atoms with van der Waals surface area (Å²) in [6.07, 6.45) is 4.12. The van der Waals surface area contributed by atoms with Crippen LogP contribution in [0.25, 0.3) is 0 Å². The number of fused-ring (bicyclic) bond motifs is 1. The van der Waals surface area contributed by atoms with Crippen molar-refractivity contribution in [1.82, 2.24) is 4.90 Å². The third-order valence-corrected chi connectivity index (χ3v) is 4.97. The molecule has 1 aliphatic heterocycles. The van der Waals surface area contributed by atoms with Gasteiger partial charge in [-0.25, -0.2) is 0 Å². The molecule has 0 N–H and O–H groups in total. The van der Waals surface area contributed by atoms with Gasteiger partial charge in [0.05, 0.1) is 0 Å². The van der Waals surface area contributed by atoms with Crippen LogP contribution in [-0.2, 0) is 5.41 Å². The fourth-order valence-corrected chi connectivity index (χ4v) is 3.46. The summed E-state index contributed by atoms with van der Waals surface area (Å²) in [6.45, 7) is 8.32. The summed E-state index contributed by atoms with van der Waals surface area (Å²) >= 11 is 0. The zero-order chi connectivity index (χ0) is 14.3. The molecule has 1 saturated carbocycles. The van der Waals surface area contributed by atoms with E-state index in [4.69, 9.17) is 0 Å². The van der Waals surface area contributed by atoms with Crippen molar-refractivity contribution in [2.24, 2.45) is 5.92 Å². The Hall–Kier alpha value is -1.02. The molecule has 1 unspecified atom stereocenters. The van der Waals surface area contributed by atoms with Gasteiger partial charge in [0.25, 0.3) is 0 Å². The van der Waals surface area contributed by atoms with Crippen molar-refractivity contribution in [3.63, 3.8) is 0 Å². The molecule has 0 aromatic heterocycles. The molecule has 0 amide bonds. The molecule has 1 fully saturated rings. The highest BCUT2D eigenvalue weighted by Gasteiger charge is 2.40. The smallest absolute Gasteiger partial charge is 0.0405 e. The summed E-state index contributed by atoms with van der Waals surface area (Å²) in [6, 6.07) is 7.06. The van der Waals surface area contributed by atoms with E-state index in [1.165, 1.54) is 50.1 Å². The molecule has 2 aliphatic rings. The van der Waals surface area contributed by atoms with Gasteiger partial charge in [0.15, 0.2) is 0 Å². The number of rotatable bonds is 5. The van der Waals surface area contributed by atoms with E-state index in [1.54, 1.807) is 5.56 Å². The first-order valence-electron chi connectivity index (χ1n) is 7.99. The van der Waals surface area contributed by atoms with Crippen LogP contribution in [0.3, 0.4) is 0 Å². The van der Waals surface area contributed by atoms with Gasteiger partial charge in [-0.15, -0.1) is 0 Å². The predicted octanol–water partition coefficient (Wildman–Crippen LogP) is 3.43. The van der Waals surface area contributed by atoms with Gasteiger partial charge in [0.2, 0.25) is 0 Å². The van der Waals surface area contributed by atoms with Crippen LogP contribution in [0.15, 0.2) is 18.2 Å². The molecule has 0 radical (unpaired) electrons. The van der Waals surface area contributed by atoms with Gasteiger partial charge < -0.3 is 9.80 Å². The molecular formula is C18H28N2. The molecule has 0 spiro atoms. The van der Waals surface area contributed by atoms with E-state index >= 15 is 0 Å². The minimum Gasteiger partial charge on any atom is -0.370 e. The van der Waals surface area contributed by atoms with Crippen LogP contribution in [0.4, 0.5) is 5.69 Å². The summed E-state index contributed by atoms with van der Waals surface area (Å²) in [5.41, 5.74) is 4.80. The minimum absolute atomic E-state index is 0.320.